The van der Waals surface area contributed by atoms with Gasteiger partial charge in [0.05, 0.1) is 29.2 Å². The lowest BCUT2D eigenvalue weighted by molar-refractivity contribution is 0.165. The zero-order valence-corrected chi connectivity index (χ0v) is 21.0. The van der Waals surface area contributed by atoms with Gasteiger partial charge in [0.2, 0.25) is 0 Å². The maximum Gasteiger partial charge on any atom is 0.318 e. The first-order valence-corrected chi connectivity index (χ1v) is 12.9. The molecule has 0 bridgehead atoms. The third kappa shape index (κ3) is 5.34. The number of rotatable bonds is 8. The van der Waals surface area contributed by atoms with Crippen LogP contribution in [-0.4, -0.2) is 39.7 Å². The van der Waals surface area contributed by atoms with Crippen LogP contribution in [-0.2, 0) is 0 Å². The number of nitrogens with one attached hydrogen (secondary N) is 1. The summed E-state index contributed by atoms with van der Waals surface area (Å²) in [5.41, 5.74) is 1.20. The van der Waals surface area contributed by atoms with Gasteiger partial charge in [-0.05, 0) is 69.5 Å². The third-order valence-electron chi connectivity index (χ3n) is 6.80. The summed E-state index contributed by atoms with van der Waals surface area (Å²) in [5, 5.41) is 3.79. The van der Waals surface area contributed by atoms with Crippen LogP contribution in [0.4, 0.5) is 4.79 Å². The van der Waals surface area contributed by atoms with E-state index in [0.717, 1.165) is 31.4 Å². The molecule has 1 saturated carbocycles. The molecule has 3 aromatic rings. The number of hydrogen-bond donors (Lipinski definition) is 1. The van der Waals surface area contributed by atoms with E-state index in [4.69, 9.17) is 9.72 Å². The predicted octanol–water partition coefficient (Wildman–Crippen LogP) is 5.60. The van der Waals surface area contributed by atoms with Crippen molar-refractivity contribution in [3.63, 3.8) is 0 Å². The first kappa shape index (κ1) is 24.8. The molecule has 1 atom stereocenters. The summed E-state index contributed by atoms with van der Waals surface area (Å²) in [6.07, 6.45) is 6.20. The van der Waals surface area contributed by atoms with E-state index in [1.807, 2.05) is 68.1 Å². The Morgan fingerprint density at radius 3 is 2.46 bits per heavy atom. The van der Waals surface area contributed by atoms with Crippen LogP contribution in [0.25, 0.3) is 16.6 Å². The second-order valence-electron chi connectivity index (χ2n) is 9.05. The van der Waals surface area contributed by atoms with Gasteiger partial charge in [-0.2, -0.15) is 0 Å². The van der Waals surface area contributed by atoms with Crippen LogP contribution >= 0.6 is 0 Å². The fourth-order valence-corrected chi connectivity index (χ4v) is 5.03. The van der Waals surface area contributed by atoms with Crippen molar-refractivity contribution < 1.29 is 9.53 Å². The molecule has 7 nitrogen and oxygen atoms in total. The SMILES string of the molecule is CCOc1ccc(-n2c(C(CC)N(CC)C(=O)NC3CCCCC3)nc3ccccc3c2=O)cc1. The highest BCUT2D eigenvalue weighted by Gasteiger charge is 2.29. The van der Waals surface area contributed by atoms with Gasteiger partial charge in [-0.15, -0.1) is 0 Å². The van der Waals surface area contributed by atoms with Crippen molar-refractivity contribution in [1.82, 2.24) is 19.8 Å². The number of amides is 2. The van der Waals surface area contributed by atoms with Gasteiger partial charge >= 0.3 is 6.03 Å². The van der Waals surface area contributed by atoms with Crippen LogP contribution in [0.5, 0.6) is 5.75 Å². The van der Waals surface area contributed by atoms with E-state index in [0.29, 0.717) is 42.0 Å². The second-order valence-corrected chi connectivity index (χ2v) is 9.05. The monoisotopic (exact) mass is 476 g/mol. The molecule has 1 aromatic heterocycles. The Labute approximate surface area is 207 Å². The van der Waals surface area contributed by atoms with Gasteiger partial charge in [0.15, 0.2) is 0 Å². The second kappa shape index (κ2) is 11.4. The van der Waals surface area contributed by atoms with E-state index in [1.165, 1.54) is 6.42 Å². The van der Waals surface area contributed by atoms with Gasteiger partial charge in [0.1, 0.15) is 11.6 Å². The van der Waals surface area contributed by atoms with E-state index in [9.17, 15) is 9.59 Å². The zero-order valence-electron chi connectivity index (χ0n) is 21.0. The molecule has 0 spiro atoms. The first-order valence-electron chi connectivity index (χ1n) is 12.9. The molecule has 186 valence electrons. The molecule has 1 fully saturated rings. The lowest BCUT2D eigenvalue weighted by atomic mass is 9.96. The summed E-state index contributed by atoms with van der Waals surface area (Å²) >= 11 is 0. The maximum atomic E-state index is 13.8. The van der Waals surface area contributed by atoms with Gasteiger partial charge in [-0.1, -0.05) is 38.3 Å². The quantitative estimate of drug-likeness (QED) is 0.459. The number of benzene rings is 2. The number of urea groups is 1. The summed E-state index contributed by atoms with van der Waals surface area (Å²) in [6, 6.07) is 14.6. The highest BCUT2D eigenvalue weighted by molar-refractivity contribution is 5.78. The number of nitrogens with zero attached hydrogens (tertiary/aromatic N) is 3. The summed E-state index contributed by atoms with van der Waals surface area (Å²) < 4.78 is 7.25. The molecule has 0 radical (unpaired) electrons. The molecule has 1 heterocycles. The standard InChI is InChI=1S/C28H36N4O3/c1-4-25(31(5-2)28(34)29-20-12-8-7-9-13-20)26-30-24-15-11-10-14-23(24)27(33)32(26)21-16-18-22(19-17-21)35-6-3/h10-11,14-20,25H,4-9,12-13H2,1-3H3,(H,29,34). The zero-order chi connectivity index (χ0) is 24.8. The van der Waals surface area contributed by atoms with Crippen LogP contribution in [0.3, 0.4) is 0 Å². The van der Waals surface area contributed by atoms with Crippen molar-refractivity contribution >= 4 is 16.9 Å². The summed E-state index contributed by atoms with van der Waals surface area (Å²) in [5.74, 6) is 1.31. The number of aromatic nitrogens is 2. The van der Waals surface area contributed by atoms with Crippen molar-refractivity contribution in [2.45, 2.75) is 71.4 Å². The summed E-state index contributed by atoms with van der Waals surface area (Å²) in [4.78, 5) is 33.9. The number of para-hydroxylation sites is 1. The summed E-state index contributed by atoms with van der Waals surface area (Å²) in [7, 11) is 0. The minimum absolute atomic E-state index is 0.0908. The highest BCUT2D eigenvalue weighted by atomic mass is 16.5. The minimum atomic E-state index is -0.354. The van der Waals surface area contributed by atoms with Crippen molar-refractivity contribution in [2.24, 2.45) is 0 Å². The minimum Gasteiger partial charge on any atom is -0.494 e. The van der Waals surface area contributed by atoms with Gasteiger partial charge in [0, 0.05) is 12.6 Å². The molecule has 0 aliphatic heterocycles. The Bertz CT molecular complexity index is 1200. The van der Waals surface area contributed by atoms with Crippen LogP contribution in [0.1, 0.15) is 71.2 Å². The smallest absolute Gasteiger partial charge is 0.318 e. The molecular formula is C28H36N4O3. The molecule has 4 rings (SSSR count). The van der Waals surface area contributed by atoms with Gasteiger partial charge in [-0.25, -0.2) is 9.78 Å². The van der Waals surface area contributed by atoms with E-state index >= 15 is 0 Å². The fourth-order valence-electron chi connectivity index (χ4n) is 5.03. The lowest BCUT2D eigenvalue weighted by Crippen LogP contribution is -2.47. The average Bonchev–Trinajstić information content (AvgIpc) is 2.88. The van der Waals surface area contributed by atoms with E-state index in [1.54, 1.807) is 10.6 Å². The van der Waals surface area contributed by atoms with Crippen LogP contribution < -0.4 is 15.6 Å². The molecule has 35 heavy (non-hydrogen) atoms. The number of carbonyl (C=O) groups is 1. The van der Waals surface area contributed by atoms with Crippen LogP contribution in [0, 0.1) is 0 Å². The van der Waals surface area contributed by atoms with Crippen molar-refractivity contribution in [1.29, 1.82) is 0 Å². The van der Waals surface area contributed by atoms with Gasteiger partial charge < -0.3 is 15.0 Å². The molecule has 1 N–H and O–H groups in total. The van der Waals surface area contributed by atoms with Gasteiger partial charge in [-0.3, -0.25) is 9.36 Å². The average molecular weight is 477 g/mol. The molecule has 2 amide bonds. The van der Waals surface area contributed by atoms with Crippen molar-refractivity contribution in [3.05, 3.63) is 64.7 Å². The molecule has 1 aliphatic rings. The molecule has 0 saturated heterocycles. The number of carbonyl (C=O) groups excluding carboxylic acids is 1. The Morgan fingerprint density at radius 1 is 1.09 bits per heavy atom. The predicted molar refractivity (Wildman–Crippen MR) is 139 cm³/mol. The Hall–Kier alpha value is -3.35. The Balaban J connectivity index is 1.79. The lowest BCUT2D eigenvalue weighted by Gasteiger charge is -2.33. The Morgan fingerprint density at radius 2 is 1.80 bits per heavy atom. The first-order chi connectivity index (χ1) is 17.1. The normalized spacial score (nSPS) is 15.1. The van der Waals surface area contributed by atoms with Crippen LogP contribution in [0.15, 0.2) is 53.3 Å². The van der Waals surface area contributed by atoms with Crippen molar-refractivity contribution in [3.8, 4) is 11.4 Å². The van der Waals surface area contributed by atoms with E-state index in [-0.39, 0.29) is 23.7 Å². The van der Waals surface area contributed by atoms with E-state index in [2.05, 4.69) is 5.32 Å². The number of hydrogen-bond acceptors (Lipinski definition) is 4. The topological polar surface area (TPSA) is 76.5 Å². The molecule has 7 heteroatoms. The molecular weight excluding hydrogens is 440 g/mol. The number of fused-ring (bicyclic) bond motifs is 1. The molecule has 1 unspecified atom stereocenters. The molecule has 2 aromatic carbocycles. The number of ether oxygens (including phenoxy) is 1. The third-order valence-corrected chi connectivity index (χ3v) is 6.80. The van der Waals surface area contributed by atoms with Crippen molar-refractivity contribution in [2.75, 3.05) is 13.2 Å². The fraction of sp³-hybridized carbons (Fsp3) is 0.464. The van der Waals surface area contributed by atoms with Gasteiger partial charge in [0.25, 0.3) is 5.56 Å². The highest BCUT2D eigenvalue weighted by Crippen LogP contribution is 2.27. The Kier molecular flexibility index (Phi) is 8.06. The summed E-state index contributed by atoms with van der Waals surface area (Å²) in [6.45, 7) is 7.03. The maximum absolute atomic E-state index is 13.8. The van der Waals surface area contributed by atoms with E-state index < -0.39 is 0 Å². The van der Waals surface area contributed by atoms with Crippen LogP contribution in [0.2, 0.25) is 0 Å². The largest absolute Gasteiger partial charge is 0.494 e. The molecule has 1 aliphatic carbocycles.